The average Bonchev–Trinajstić information content (AvgIpc) is 2.29. The van der Waals surface area contributed by atoms with Gasteiger partial charge >= 0.3 is 0 Å². The molecule has 1 heteroatoms. The second kappa shape index (κ2) is 7.71. The van der Waals surface area contributed by atoms with E-state index in [0.717, 1.165) is 12.8 Å². The van der Waals surface area contributed by atoms with Crippen LogP contribution >= 0.6 is 0 Å². The fraction of sp³-hybridized carbons (Fsp3) is 0.750. The van der Waals surface area contributed by atoms with Crippen molar-refractivity contribution in [1.82, 2.24) is 0 Å². The maximum absolute atomic E-state index is 10.2. The molecule has 3 atom stereocenters. The first kappa shape index (κ1) is 14.5. The van der Waals surface area contributed by atoms with Crippen LogP contribution in [-0.2, 0) is 0 Å². The minimum absolute atomic E-state index is 0.131. The van der Waals surface area contributed by atoms with Crippen LogP contribution in [0.5, 0.6) is 0 Å². The van der Waals surface area contributed by atoms with E-state index in [-0.39, 0.29) is 6.10 Å². The molecular weight excluding hydrogens is 208 g/mol. The Labute approximate surface area is 107 Å². The third-order valence-electron chi connectivity index (χ3n) is 3.64. The van der Waals surface area contributed by atoms with Gasteiger partial charge in [0.1, 0.15) is 0 Å². The molecule has 17 heavy (non-hydrogen) atoms. The lowest BCUT2D eigenvalue weighted by Crippen LogP contribution is -2.22. The Morgan fingerprint density at radius 1 is 1.47 bits per heavy atom. The van der Waals surface area contributed by atoms with Crippen molar-refractivity contribution < 1.29 is 5.11 Å². The summed E-state index contributed by atoms with van der Waals surface area (Å²) in [5, 5.41) is 10.2. The number of hydrogen-bond acceptors (Lipinski definition) is 1. The molecule has 1 nitrogen and oxygen atoms in total. The molecule has 1 unspecified atom stereocenters. The van der Waals surface area contributed by atoms with Crippen LogP contribution in [0.1, 0.15) is 59.3 Å². The molecule has 1 N–H and O–H groups in total. The standard InChI is InChI=1S/C16H28O/c1-13(2)8-7-9-14(3)12-16(17)15-10-5-4-6-11-15/h5,8,10,14-17H,4,6-7,9,11-12H2,1-3H3/t14?,15-,16+/m1/s1. The van der Waals surface area contributed by atoms with E-state index in [0.29, 0.717) is 11.8 Å². The lowest BCUT2D eigenvalue weighted by molar-refractivity contribution is 0.0962. The van der Waals surface area contributed by atoms with Crippen LogP contribution in [0.25, 0.3) is 0 Å². The first-order chi connectivity index (χ1) is 8.09. The SMILES string of the molecule is CC(C)=CCCC(C)C[C@H](O)[C@@H]1C=CCCC1. The Morgan fingerprint density at radius 3 is 2.82 bits per heavy atom. The first-order valence-electron chi connectivity index (χ1n) is 7.07. The maximum Gasteiger partial charge on any atom is 0.0605 e. The van der Waals surface area contributed by atoms with Crippen molar-refractivity contribution >= 4 is 0 Å². The van der Waals surface area contributed by atoms with Crippen LogP contribution in [0.4, 0.5) is 0 Å². The molecular formula is C16H28O. The smallest absolute Gasteiger partial charge is 0.0605 e. The third kappa shape index (κ3) is 6.07. The molecule has 0 aromatic rings. The van der Waals surface area contributed by atoms with Crippen LogP contribution in [0, 0.1) is 11.8 Å². The van der Waals surface area contributed by atoms with Gasteiger partial charge in [-0.2, -0.15) is 0 Å². The Balaban J connectivity index is 2.25. The highest BCUT2D eigenvalue weighted by Gasteiger charge is 2.19. The van der Waals surface area contributed by atoms with Crippen LogP contribution < -0.4 is 0 Å². The van der Waals surface area contributed by atoms with Gasteiger partial charge in [0.05, 0.1) is 6.10 Å². The summed E-state index contributed by atoms with van der Waals surface area (Å²) in [7, 11) is 0. The second-order valence-corrected chi connectivity index (χ2v) is 5.79. The summed E-state index contributed by atoms with van der Waals surface area (Å²) in [5.41, 5.74) is 1.40. The zero-order valence-corrected chi connectivity index (χ0v) is 11.7. The summed E-state index contributed by atoms with van der Waals surface area (Å²) in [6.45, 7) is 6.55. The van der Waals surface area contributed by atoms with Crippen molar-refractivity contribution in [1.29, 1.82) is 0 Å². The fourth-order valence-corrected chi connectivity index (χ4v) is 2.52. The third-order valence-corrected chi connectivity index (χ3v) is 3.64. The second-order valence-electron chi connectivity index (χ2n) is 5.79. The molecule has 98 valence electrons. The zero-order chi connectivity index (χ0) is 12.7. The lowest BCUT2D eigenvalue weighted by Gasteiger charge is -2.24. The van der Waals surface area contributed by atoms with Crippen LogP contribution in [-0.4, -0.2) is 11.2 Å². The quantitative estimate of drug-likeness (QED) is 0.674. The molecule has 0 aromatic heterocycles. The predicted molar refractivity (Wildman–Crippen MR) is 74.9 cm³/mol. The van der Waals surface area contributed by atoms with E-state index in [2.05, 4.69) is 39.0 Å². The molecule has 1 rings (SSSR count). The van der Waals surface area contributed by atoms with Crippen LogP contribution in [0.2, 0.25) is 0 Å². The minimum atomic E-state index is -0.131. The van der Waals surface area contributed by atoms with Gasteiger partial charge in [-0.3, -0.25) is 0 Å². The van der Waals surface area contributed by atoms with E-state index in [1.54, 1.807) is 0 Å². The molecule has 0 saturated carbocycles. The van der Waals surface area contributed by atoms with E-state index in [9.17, 15) is 5.11 Å². The Bertz CT molecular complexity index is 261. The Hall–Kier alpha value is -0.560. The summed E-state index contributed by atoms with van der Waals surface area (Å²) in [5.74, 6) is 1.03. The highest BCUT2D eigenvalue weighted by Crippen LogP contribution is 2.25. The molecule has 0 aliphatic heterocycles. The first-order valence-corrected chi connectivity index (χ1v) is 7.07. The Morgan fingerprint density at radius 2 is 2.24 bits per heavy atom. The topological polar surface area (TPSA) is 20.2 Å². The molecule has 0 aromatic carbocycles. The predicted octanol–water partition coefficient (Wildman–Crippen LogP) is 4.48. The van der Waals surface area contributed by atoms with Crippen molar-refractivity contribution in [2.75, 3.05) is 0 Å². The van der Waals surface area contributed by atoms with Crippen LogP contribution in [0.15, 0.2) is 23.8 Å². The molecule has 0 fully saturated rings. The minimum Gasteiger partial charge on any atom is -0.393 e. The van der Waals surface area contributed by atoms with Gasteiger partial charge in [-0.25, -0.2) is 0 Å². The molecule has 0 radical (unpaired) electrons. The number of rotatable bonds is 6. The molecule has 0 heterocycles. The Kier molecular flexibility index (Phi) is 6.57. The van der Waals surface area contributed by atoms with Gasteiger partial charge < -0.3 is 5.11 Å². The van der Waals surface area contributed by atoms with E-state index in [4.69, 9.17) is 0 Å². The molecule has 1 aliphatic carbocycles. The number of aliphatic hydroxyl groups excluding tert-OH is 1. The van der Waals surface area contributed by atoms with Gasteiger partial charge in [0.15, 0.2) is 0 Å². The van der Waals surface area contributed by atoms with Gasteiger partial charge in [-0.15, -0.1) is 0 Å². The molecule has 0 spiro atoms. The van der Waals surface area contributed by atoms with E-state index >= 15 is 0 Å². The van der Waals surface area contributed by atoms with Crippen LogP contribution in [0.3, 0.4) is 0 Å². The molecule has 1 aliphatic rings. The molecule has 0 saturated heterocycles. The normalized spacial score (nSPS) is 23.2. The van der Waals surface area contributed by atoms with Gasteiger partial charge in [-0.1, -0.05) is 30.7 Å². The maximum atomic E-state index is 10.2. The average molecular weight is 236 g/mol. The number of hydrogen-bond donors (Lipinski definition) is 1. The van der Waals surface area contributed by atoms with Gasteiger partial charge in [0.2, 0.25) is 0 Å². The fourth-order valence-electron chi connectivity index (χ4n) is 2.52. The summed E-state index contributed by atoms with van der Waals surface area (Å²) in [4.78, 5) is 0. The van der Waals surface area contributed by atoms with E-state index in [1.807, 2.05) is 0 Å². The van der Waals surface area contributed by atoms with Gasteiger partial charge in [0.25, 0.3) is 0 Å². The largest absolute Gasteiger partial charge is 0.393 e. The summed E-state index contributed by atoms with van der Waals surface area (Å²) >= 11 is 0. The van der Waals surface area contributed by atoms with E-state index < -0.39 is 0 Å². The number of allylic oxidation sites excluding steroid dienone is 3. The zero-order valence-electron chi connectivity index (χ0n) is 11.7. The monoisotopic (exact) mass is 236 g/mol. The summed E-state index contributed by atoms with van der Waals surface area (Å²) in [6.07, 6.45) is 13.5. The van der Waals surface area contributed by atoms with E-state index in [1.165, 1.54) is 31.3 Å². The van der Waals surface area contributed by atoms with Gasteiger partial charge in [0, 0.05) is 5.92 Å². The van der Waals surface area contributed by atoms with Crippen molar-refractivity contribution in [3.8, 4) is 0 Å². The van der Waals surface area contributed by atoms with Crippen molar-refractivity contribution in [3.63, 3.8) is 0 Å². The van der Waals surface area contributed by atoms with Crippen molar-refractivity contribution in [3.05, 3.63) is 23.8 Å². The van der Waals surface area contributed by atoms with Crippen molar-refractivity contribution in [2.24, 2.45) is 11.8 Å². The molecule has 0 amide bonds. The lowest BCUT2D eigenvalue weighted by atomic mass is 9.85. The van der Waals surface area contributed by atoms with Gasteiger partial charge in [-0.05, 0) is 58.3 Å². The highest BCUT2D eigenvalue weighted by atomic mass is 16.3. The molecule has 0 bridgehead atoms. The summed E-state index contributed by atoms with van der Waals surface area (Å²) in [6, 6.07) is 0. The van der Waals surface area contributed by atoms with Crippen molar-refractivity contribution in [2.45, 2.75) is 65.4 Å². The summed E-state index contributed by atoms with van der Waals surface area (Å²) < 4.78 is 0. The highest BCUT2D eigenvalue weighted by molar-refractivity contribution is 4.96. The number of aliphatic hydroxyl groups is 1.